The second kappa shape index (κ2) is 10.5. The van der Waals surface area contributed by atoms with Gasteiger partial charge in [-0.1, -0.05) is 36.4 Å². The zero-order valence-corrected chi connectivity index (χ0v) is 25.4. The van der Waals surface area contributed by atoms with E-state index in [1.165, 1.54) is 29.5 Å². The van der Waals surface area contributed by atoms with Crippen LogP contribution < -0.4 is 10.1 Å². The maximum absolute atomic E-state index is 12.7. The zero-order chi connectivity index (χ0) is 29.1. The van der Waals surface area contributed by atoms with Crippen LogP contribution in [0.1, 0.15) is 76.0 Å². The van der Waals surface area contributed by atoms with E-state index in [0.29, 0.717) is 12.4 Å². The Morgan fingerprint density at radius 3 is 2.69 bits per heavy atom. The van der Waals surface area contributed by atoms with Gasteiger partial charge in [0, 0.05) is 30.8 Å². The number of rotatable bonds is 10. The summed E-state index contributed by atoms with van der Waals surface area (Å²) in [5, 5.41) is 14.6. The minimum absolute atomic E-state index is 0.0491. The Balaban J connectivity index is 1.22. The normalized spacial score (nSPS) is 31.4. The number of piperidine rings is 1. The first-order valence-electron chi connectivity index (χ1n) is 16.1. The highest BCUT2D eigenvalue weighted by Crippen LogP contribution is 2.66. The van der Waals surface area contributed by atoms with Crippen LogP contribution in [0.4, 0.5) is 0 Å². The summed E-state index contributed by atoms with van der Waals surface area (Å²) >= 11 is 0. The molecule has 2 aliphatic heterocycles. The van der Waals surface area contributed by atoms with Gasteiger partial charge >= 0.3 is 5.97 Å². The van der Waals surface area contributed by atoms with Crippen LogP contribution in [-0.2, 0) is 32.5 Å². The molecule has 1 unspecified atom stereocenters. The lowest BCUT2D eigenvalue weighted by Crippen LogP contribution is -2.79. The number of phenolic OH excluding ortho intramolecular Hbond substituents is 1. The van der Waals surface area contributed by atoms with Crippen molar-refractivity contribution in [1.82, 2.24) is 10.2 Å². The van der Waals surface area contributed by atoms with Crippen LogP contribution in [0.3, 0.4) is 0 Å². The topological polar surface area (TPSA) is 80.3 Å². The molecular weight excluding hydrogens is 528 g/mol. The van der Waals surface area contributed by atoms with Crippen LogP contribution in [0.15, 0.2) is 42.5 Å². The molecule has 2 bridgehead atoms. The van der Waals surface area contributed by atoms with Crippen LogP contribution in [0.2, 0.25) is 0 Å². The molecule has 2 heterocycles. The van der Waals surface area contributed by atoms with Crippen molar-refractivity contribution in [2.24, 2.45) is 5.92 Å². The van der Waals surface area contributed by atoms with Crippen LogP contribution in [-0.4, -0.2) is 71.6 Å². The minimum Gasteiger partial charge on any atom is -0.504 e. The number of aromatic hydroxyl groups is 1. The molecule has 0 aromatic heterocycles. The Bertz CT molecular complexity index is 1320. The molecule has 226 valence electrons. The minimum atomic E-state index is -0.529. The van der Waals surface area contributed by atoms with Gasteiger partial charge in [0.1, 0.15) is 11.7 Å². The van der Waals surface area contributed by atoms with Gasteiger partial charge in [0.05, 0.1) is 17.6 Å². The van der Waals surface area contributed by atoms with Crippen LogP contribution in [0.5, 0.6) is 11.5 Å². The summed E-state index contributed by atoms with van der Waals surface area (Å²) in [6.07, 6.45) is 7.96. The number of phenols is 1. The molecule has 2 N–H and O–H groups in total. The molecule has 7 heteroatoms. The molecule has 2 aromatic carbocycles. The second-order valence-electron chi connectivity index (χ2n) is 14.3. The van der Waals surface area contributed by atoms with Crippen molar-refractivity contribution in [1.29, 1.82) is 0 Å². The molecule has 1 saturated heterocycles. The van der Waals surface area contributed by atoms with E-state index in [9.17, 15) is 9.90 Å². The number of carbonyl (C=O) groups excluding carboxylic acids is 1. The Morgan fingerprint density at radius 2 is 1.93 bits per heavy atom. The van der Waals surface area contributed by atoms with E-state index in [4.69, 9.17) is 14.2 Å². The third kappa shape index (κ3) is 4.72. The Labute approximate surface area is 249 Å². The third-order valence-electron chi connectivity index (χ3n) is 10.5. The predicted molar refractivity (Wildman–Crippen MR) is 161 cm³/mol. The van der Waals surface area contributed by atoms with Gasteiger partial charge in [-0.3, -0.25) is 9.69 Å². The van der Waals surface area contributed by atoms with Gasteiger partial charge in [-0.2, -0.15) is 0 Å². The number of carbonyl (C=O) groups is 1. The van der Waals surface area contributed by atoms with Gasteiger partial charge in [0.15, 0.2) is 11.5 Å². The fourth-order valence-electron chi connectivity index (χ4n) is 8.72. The average molecular weight is 575 g/mol. The molecule has 2 saturated carbocycles. The Morgan fingerprint density at radius 1 is 1.12 bits per heavy atom. The summed E-state index contributed by atoms with van der Waals surface area (Å²) in [7, 11) is 0. The van der Waals surface area contributed by atoms with Gasteiger partial charge in [-0.05, 0) is 102 Å². The summed E-state index contributed by atoms with van der Waals surface area (Å²) in [5.74, 6) is 1.39. The number of ether oxygens (including phenoxy) is 3. The highest BCUT2D eigenvalue weighted by Gasteiger charge is 2.74. The monoisotopic (exact) mass is 574 g/mol. The fourth-order valence-corrected chi connectivity index (χ4v) is 8.72. The summed E-state index contributed by atoms with van der Waals surface area (Å²) in [6, 6.07) is 14.8. The zero-order valence-electron chi connectivity index (χ0n) is 25.4. The molecule has 42 heavy (non-hydrogen) atoms. The van der Waals surface area contributed by atoms with Crippen molar-refractivity contribution in [2.45, 2.75) is 107 Å². The molecule has 7 nitrogen and oxygen atoms in total. The van der Waals surface area contributed by atoms with Gasteiger partial charge in [-0.15, -0.1) is 0 Å². The molecule has 2 aromatic rings. The van der Waals surface area contributed by atoms with E-state index < -0.39 is 11.2 Å². The van der Waals surface area contributed by atoms with Gasteiger partial charge < -0.3 is 24.6 Å². The van der Waals surface area contributed by atoms with E-state index >= 15 is 0 Å². The number of likely N-dealkylation sites (tertiary alicyclic amines) is 1. The number of nitrogens with zero attached hydrogens (tertiary/aromatic N) is 1. The number of nitrogens with one attached hydrogen (secondary N) is 1. The highest BCUT2D eigenvalue weighted by atomic mass is 16.6. The first-order chi connectivity index (χ1) is 20.2. The maximum Gasteiger partial charge on any atom is 0.320 e. The summed E-state index contributed by atoms with van der Waals surface area (Å²) in [6.45, 7) is 8.66. The maximum atomic E-state index is 12.7. The van der Waals surface area contributed by atoms with Gasteiger partial charge in [0.2, 0.25) is 0 Å². The van der Waals surface area contributed by atoms with E-state index in [1.807, 2.05) is 20.8 Å². The second-order valence-corrected chi connectivity index (χ2v) is 14.3. The van der Waals surface area contributed by atoms with Crippen LogP contribution >= 0.6 is 0 Å². The lowest BCUT2D eigenvalue weighted by Gasteiger charge is -2.66. The average Bonchev–Trinajstić information content (AvgIpc) is 3.70. The molecule has 5 aliphatic rings. The molecular formula is C35H46N2O5. The van der Waals surface area contributed by atoms with Crippen molar-refractivity contribution >= 4 is 5.97 Å². The van der Waals surface area contributed by atoms with E-state index in [1.54, 1.807) is 6.07 Å². The molecule has 0 radical (unpaired) electrons. The van der Waals surface area contributed by atoms with Crippen molar-refractivity contribution in [3.63, 3.8) is 0 Å². The summed E-state index contributed by atoms with van der Waals surface area (Å²) in [4.78, 5) is 15.5. The van der Waals surface area contributed by atoms with Crippen molar-refractivity contribution in [2.75, 3.05) is 26.2 Å². The fraction of sp³-hybridized carbons (Fsp3) is 0.629. The summed E-state index contributed by atoms with van der Waals surface area (Å²) in [5.41, 5.74) is 2.48. The molecule has 1 spiro atoms. The molecule has 7 rings (SSSR count). The number of aryl methyl sites for hydroxylation is 1. The largest absolute Gasteiger partial charge is 0.504 e. The van der Waals surface area contributed by atoms with Crippen LogP contribution in [0, 0.1) is 5.92 Å². The predicted octanol–water partition coefficient (Wildman–Crippen LogP) is 4.91. The standard InChI is InChI=1S/C35H46N2O5/c1-33(2,3)42-29(39)21-36-26-15-16-35(40-19-7-10-23-8-5-4-6-9-23)28-20-25-13-14-27(38)31-30(25)34(35,32(26)41-31)17-18-37(28)22-24-11-12-24/h4-6,8-9,13-14,24,26,28,32,36,38H,7,10-12,15-22H2,1-3H3/t26-,28?,32-,34-,35+/m0/s1. The number of hydrogen-bond acceptors (Lipinski definition) is 7. The first kappa shape index (κ1) is 28.2. The smallest absolute Gasteiger partial charge is 0.320 e. The quantitative estimate of drug-likeness (QED) is 0.308. The SMILES string of the molecule is CC(C)(C)OC(=O)CN[C@H]1CC[C@@]2(OCCCc3ccccc3)C3Cc4ccc(O)c5c4[C@@]2(CCN3CC2CC2)[C@H]1O5. The first-order valence-corrected chi connectivity index (χ1v) is 16.1. The van der Waals surface area contributed by atoms with Crippen molar-refractivity contribution in [3.05, 3.63) is 59.2 Å². The third-order valence-corrected chi connectivity index (χ3v) is 10.5. The Hall–Kier alpha value is -2.61. The van der Waals surface area contributed by atoms with Crippen molar-refractivity contribution in [3.8, 4) is 11.5 Å². The van der Waals surface area contributed by atoms with Gasteiger partial charge in [-0.25, -0.2) is 0 Å². The molecule has 3 fully saturated rings. The molecule has 0 amide bonds. The van der Waals surface area contributed by atoms with Crippen molar-refractivity contribution < 1.29 is 24.1 Å². The van der Waals surface area contributed by atoms with E-state index in [-0.39, 0.29) is 41.9 Å². The molecule has 5 atom stereocenters. The van der Waals surface area contributed by atoms with Gasteiger partial charge in [0.25, 0.3) is 0 Å². The Kier molecular flexibility index (Phi) is 7.06. The van der Waals surface area contributed by atoms with Crippen LogP contribution in [0.25, 0.3) is 0 Å². The summed E-state index contributed by atoms with van der Waals surface area (Å²) < 4.78 is 19.7. The number of esters is 1. The van der Waals surface area contributed by atoms with E-state index in [2.05, 4.69) is 46.6 Å². The highest BCUT2D eigenvalue weighted by molar-refractivity contribution is 5.72. The number of benzene rings is 2. The number of hydrogen-bond donors (Lipinski definition) is 2. The van der Waals surface area contributed by atoms with E-state index in [0.717, 1.165) is 57.5 Å². The lowest BCUT2D eigenvalue weighted by molar-refractivity contribution is -0.221. The molecule has 3 aliphatic carbocycles. The lowest BCUT2D eigenvalue weighted by atomic mass is 9.48.